The van der Waals surface area contributed by atoms with Crippen LogP contribution in [-0.4, -0.2) is 92.3 Å². The largest absolute Gasteiger partial charge is 0.479 e. The Balaban J connectivity index is 1.30. The van der Waals surface area contributed by atoms with Gasteiger partial charge in [0.15, 0.2) is 0 Å². The van der Waals surface area contributed by atoms with Gasteiger partial charge in [-0.3, -0.25) is 4.90 Å². The van der Waals surface area contributed by atoms with Gasteiger partial charge in [0.1, 0.15) is 23.2 Å². The second-order valence-electron chi connectivity index (χ2n) is 9.66. The molecule has 1 aromatic carbocycles. The van der Waals surface area contributed by atoms with Crippen molar-refractivity contribution >= 4 is 22.5 Å². The number of benzene rings is 1. The Morgan fingerprint density at radius 1 is 1.21 bits per heavy atom. The average molecular weight is 535 g/mol. The van der Waals surface area contributed by atoms with Crippen LogP contribution in [-0.2, 0) is 4.74 Å². The molecule has 2 aliphatic heterocycles. The van der Waals surface area contributed by atoms with Crippen LogP contribution in [0.25, 0.3) is 27.7 Å². The van der Waals surface area contributed by atoms with Crippen LogP contribution in [0, 0.1) is 0 Å². The summed E-state index contributed by atoms with van der Waals surface area (Å²) in [5.74, 6) is 0.471. The number of anilines is 1. The number of hydrogen-bond acceptors (Lipinski definition) is 8. The van der Waals surface area contributed by atoms with E-state index < -0.39 is 24.4 Å². The fraction of sp³-hybridized carbons (Fsp3) is 0.500. The van der Waals surface area contributed by atoms with Crippen molar-refractivity contribution < 1.29 is 27.0 Å². The van der Waals surface area contributed by atoms with Crippen molar-refractivity contribution in [3.8, 4) is 17.0 Å². The Bertz CT molecular complexity index is 1470. The van der Waals surface area contributed by atoms with Gasteiger partial charge in [0.25, 0.3) is 0 Å². The molecule has 2 fully saturated rings. The summed E-state index contributed by atoms with van der Waals surface area (Å²) in [5.41, 5.74) is 2.40. The zero-order chi connectivity index (χ0) is 26.6. The number of ether oxygens (including phenoxy) is 2. The molecule has 14 heteroatoms. The van der Waals surface area contributed by atoms with Crippen LogP contribution in [0.1, 0.15) is 19.4 Å². The Labute approximate surface area is 214 Å². The molecular weight excluding hydrogens is 508 g/mol. The molecule has 202 valence electrons. The zero-order valence-electron chi connectivity index (χ0n) is 20.7. The summed E-state index contributed by atoms with van der Waals surface area (Å²) in [6, 6.07) is 4.74. The van der Waals surface area contributed by atoms with E-state index in [9.17, 15) is 17.6 Å². The van der Waals surface area contributed by atoms with Crippen LogP contribution < -0.4 is 10.1 Å². The van der Waals surface area contributed by atoms with E-state index in [1.54, 1.807) is 35.0 Å². The number of halogens is 4. The quantitative estimate of drug-likeness (QED) is 0.376. The summed E-state index contributed by atoms with van der Waals surface area (Å²) in [6.07, 6.45) is -3.28. The van der Waals surface area contributed by atoms with Gasteiger partial charge < -0.3 is 14.8 Å². The van der Waals surface area contributed by atoms with Gasteiger partial charge in [0.2, 0.25) is 11.8 Å². The first kappa shape index (κ1) is 24.8. The minimum Gasteiger partial charge on any atom is -0.479 e. The van der Waals surface area contributed by atoms with Crippen LogP contribution in [0.15, 0.2) is 30.5 Å². The highest BCUT2D eigenvalue weighted by Crippen LogP contribution is 2.35. The molecule has 0 radical (unpaired) electrons. The number of alkyl halides is 4. The van der Waals surface area contributed by atoms with E-state index >= 15 is 0 Å². The van der Waals surface area contributed by atoms with Crippen LogP contribution in [0.3, 0.4) is 0 Å². The van der Waals surface area contributed by atoms with Crippen molar-refractivity contribution in [2.45, 2.75) is 43.8 Å². The van der Waals surface area contributed by atoms with Crippen molar-refractivity contribution in [2.24, 2.45) is 0 Å². The predicted molar refractivity (Wildman–Crippen MR) is 130 cm³/mol. The molecule has 1 N–H and O–H groups in total. The molecule has 2 aliphatic rings. The molecule has 0 unspecified atom stereocenters. The van der Waals surface area contributed by atoms with Gasteiger partial charge in [-0.1, -0.05) is 11.3 Å². The molecule has 3 aromatic heterocycles. The van der Waals surface area contributed by atoms with Crippen LogP contribution in [0.2, 0.25) is 0 Å². The number of nitrogens with zero attached hydrogens (tertiary/aromatic N) is 7. The lowest BCUT2D eigenvalue weighted by Crippen LogP contribution is -2.57. The highest BCUT2D eigenvalue weighted by molar-refractivity contribution is 5.89. The Kier molecular flexibility index (Phi) is 6.10. The predicted octanol–water partition coefficient (Wildman–Crippen LogP) is 3.50. The summed E-state index contributed by atoms with van der Waals surface area (Å²) in [4.78, 5) is 6.59. The fourth-order valence-corrected chi connectivity index (χ4v) is 4.98. The molecular formula is C24H26F4N8O2. The molecule has 6 rings (SSSR count). The van der Waals surface area contributed by atoms with Crippen molar-refractivity contribution in [1.29, 1.82) is 0 Å². The summed E-state index contributed by atoms with van der Waals surface area (Å²) >= 11 is 0. The van der Waals surface area contributed by atoms with Gasteiger partial charge >= 0.3 is 6.18 Å². The third-order valence-corrected chi connectivity index (χ3v) is 7.32. The van der Waals surface area contributed by atoms with E-state index in [-0.39, 0.29) is 23.4 Å². The molecule has 38 heavy (non-hydrogen) atoms. The number of aromatic nitrogens is 6. The highest BCUT2D eigenvalue weighted by Gasteiger charge is 2.39. The highest BCUT2D eigenvalue weighted by atomic mass is 19.4. The number of hydrogen-bond donors (Lipinski definition) is 1. The van der Waals surface area contributed by atoms with E-state index in [1.807, 2.05) is 0 Å². The summed E-state index contributed by atoms with van der Waals surface area (Å²) in [7, 11) is 1.47. The lowest BCUT2D eigenvalue weighted by atomic mass is 10.0. The van der Waals surface area contributed by atoms with Gasteiger partial charge in [-0.15, -0.1) is 10.2 Å². The molecule has 5 heterocycles. The average Bonchev–Trinajstić information content (AvgIpc) is 3.47. The Morgan fingerprint density at radius 3 is 2.71 bits per heavy atom. The standard InChI is InChI=1S/C24H26F4N8O2/c1-13(24(26,27)28)36-20-9-14(3-4-19(20)31-33-36)16-5-8-35-21(16)22(37-2)30-23(32-35)29-18-6-7-34(10-17(18)25)15-11-38-12-15/h3-5,8-9,13,15,17-18H,6-7,10-12H2,1-2H3,(H,29,32)/t13-,17+,18-/m0/s1. The first-order chi connectivity index (χ1) is 18.2. The van der Waals surface area contributed by atoms with Gasteiger partial charge in [-0.25, -0.2) is 13.6 Å². The number of rotatable bonds is 6. The number of fused-ring (bicyclic) bond motifs is 2. The zero-order valence-corrected chi connectivity index (χ0v) is 20.7. The maximum atomic E-state index is 15.0. The molecule has 10 nitrogen and oxygen atoms in total. The van der Waals surface area contributed by atoms with E-state index in [0.29, 0.717) is 48.3 Å². The third-order valence-electron chi connectivity index (χ3n) is 7.32. The maximum Gasteiger partial charge on any atom is 0.410 e. The maximum absolute atomic E-state index is 15.0. The van der Waals surface area contributed by atoms with Crippen LogP contribution in [0.5, 0.6) is 5.88 Å². The minimum absolute atomic E-state index is 0.223. The normalized spacial score (nSPS) is 22.1. The SMILES string of the molecule is COc1nc(N[C@H]2CCN(C3COC3)C[C@H]2F)nn2ccc(-c3ccc4nnn([C@@H](C)C(F)(F)F)c4c3)c12. The minimum atomic E-state index is -4.47. The molecule has 0 bridgehead atoms. The van der Waals surface area contributed by atoms with E-state index in [0.717, 1.165) is 18.2 Å². The van der Waals surface area contributed by atoms with E-state index in [1.165, 1.54) is 7.11 Å². The van der Waals surface area contributed by atoms with Crippen LogP contribution >= 0.6 is 0 Å². The Hall–Kier alpha value is -3.52. The van der Waals surface area contributed by atoms with Crippen molar-refractivity contribution in [3.05, 3.63) is 30.5 Å². The molecule has 0 spiro atoms. The van der Waals surface area contributed by atoms with Crippen molar-refractivity contribution in [1.82, 2.24) is 34.5 Å². The van der Waals surface area contributed by atoms with Gasteiger partial charge in [-0.05, 0) is 37.1 Å². The molecule has 2 saturated heterocycles. The third kappa shape index (κ3) is 4.30. The molecule has 0 aliphatic carbocycles. The molecule has 4 aromatic rings. The summed E-state index contributed by atoms with van der Waals surface area (Å²) in [5, 5.41) is 15.2. The molecule has 0 saturated carbocycles. The summed E-state index contributed by atoms with van der Waals surface area (Å²) in [6.45, 7) is 3.39. The van der Waals surface area contributed by atoms with Gasteiger partial charge in [0.05, 0.1) is 37.9 Å². The van der Waals surface area contributed by atoms with Gasteiger partial charge in [0, 0.05) is 24.8 Å². The first-order valence-corrected chi connectivity index (χ1v) is 12.3. The monoisotopic (exact) mass is 534 g/mol. The number of methoxy groups -OCH3 is 1. The second kappa shape index (κ2) is 9.34. The lowest BCUT2D eigenvalue weighted by molar-refractivity contribution is -0.164. The molecule has 0 amide bonds. The van der Waals surface area contributed by atoms with Crippen LogP contribution in [0.4, 0.5) is 23.5 Å². The lowest BCUT2D eigenvalue weighted by Gasteiger charge is -2.42. The summed E-state index contributed by atoms with van der Waals surface area (Å²) < 4.78 is 68.3. The first-order valence-electron chi connectivity index (χ1n) is 12.3. The van der Waals surface area contributed by atoms with Crippen molar-refractivity contribution in [2.75, 3.05) is 38.7 Å². The number of piperidine rings is 1. The smallest absolute Gasteiger partial charge is 0.410 e. The number of nitrogens with one attached hydrogen (secondary N) is 1. The van der Waals surface area contributed by atoms with Crippen molar-refractivity contribution in [3.63, 3.8) is 0 Å². The topological polar surface area (TPSA) is 94.6 Å². The molecule has 3 atom stereocenters. The van der Waals surface area contributed by atoms with Gasteiger partial charge in [-0.2, -0.15) is 18.2 Å². The Morgan fingerprint density at radius 2 is 2.03 bits per heavy atom. The van der Waals surface area contributed by atoms with E-state index in [2.05, 4.69) is 30.6 Å². The fourth-order valence-electron chi connectivity index (χ4n) is 4.98. The number of likely N-dealkylation sites (tertiary alicyclic amines) is 1. The second-order valence-corrected chi connectivity index (χ2v) is 9.66. The van der Waals surface area contributed by atoms with E-state index in [4.69, 9.17) is 9.47 Å².